The Balaban J connectivity index is 1.37. The maximum absolute atomic E-state index is 13.2. The normalized spacial score (nSPS) is 17.0. The Morgan fingerprint density at radius 1 is 1.17 bits per heavy atom. The molecule has 10 heteroatoms. The quantitative estimate of drug-likeness (QED) is 0.406. The van der Waals surface area contributed by atoms with Crippen molar-refractivity contribution in [3.05, 3.63) is 71.4 Å². The van der Waals surface area contributed by atoms with Gasteiger partial charge in [0.05, 0.1) is 10.6 Å². The van der Waals surface area contributed by atoms with Crippen LogP contribution in [0.2, 0.25) is 5.02 Å². The number of anilines is 1. The summed E-state index contributed by atoms with van der Waals surface area (Å²) in [6, 6.07) is 16.6. The predicted octanol–water partition coefficient (Wildman–Crippen LogP) is 3.13. The fraction of sp³-hybridized carbons (Fsp3) is 0.280. The number of piperidine rings is 1. The van der Waals surface area contributed by atoms with E-state index in [2.05, 4.69) is 10.4 Å². The zero-order valence-corrected chi connectivity index (χ0v) is 21.4. The van der Waals surface area contributed by atoms with Crippen LogP contribution in [0.4, 0.5) is 5.82 Å². The van der Waals surface area contributed by atoms with Gasteiger partial charge in [-0.25, -0.2) is 13.4 Å². The Kier molecular flexibility index (Phi) is 6.57. The molecule has 1 fully saturated rings. The predicted molar refractivity (Wildman–Crippen MR) is 143 cm³/mol. The van der Waals surface area contributed by atoms with E-state index in [1.54, 1.807) is 27.2 Å². The fourth-order valence-electron chi connectivity index (χ4n) is 4.53. The van der Waals surface area contributed by atoms with Gasteiger partial charge in [0.2, 0.25) is 10.0 Å². The van der Waals surface area contributed by atoms with Gasteiger partial charge < -0.3 is 5.32 Å². The number of aromatic nitrogens is 3. The highest BCUT2D eigenvalue weighted by molar-refractivity contribution is 7.89. The van der Waals surface area contributed by atoms with Crippen molar-refractivity contribution in [3.8, 4) is 11.3 Å². The Morgan fingerprint density at radius 2 is 1.94 bits per heavy atom. The van der Waals surface area contributed by atoms with Crippen LogP contribution in [0, 0.1) is 12.8 Å². The summed E-state index contributed by atoms with van der Waals surface area (Å²) in [5, 5.41) is 8.64. The van der Waals surface area contributed by atoms with Gasteiger partial charge in [-0.3, -0.25) is 0 Å². The van der Waals surface area contributed by atoms with Crippen molar-refractivity contribution in [3.63, 3.8) is 0 Å². The molecular formula is C25H27BClN5O2S. The Bertz CT molecular complexity index is 1470. The van der Waals surface area contributed by atoms with E-state index in [0.29, 0.717) is 29.6 Å². The van der Waals surface area contributed by atoms with Crippen molar-refractivity contribution >= 4 is 46.4 Å². The second-order valence-corrected chi connectivity index (χ2v) is 11.5. The van der Waals surface area contributed by atoms with E-state index in [1.807, 2.05) is 57.2 Å². The molecule has 0 bridgehead atoms. The molecule has 0 spiro atoms. The number of hydrogen-bond donors (Lipinski definition) is 1. The molecule has 0 amide bonds. The Morgan fingerprint density at radius 3 is 2.71 bits per heavy atom. The first kappa shape index (κ1) is 23.8. The number of rotatable bonds is 6. The lowest BCUT2D eigenvalue weighted by atomic mass is 9.99. The molecule has 180 valence electrons. The summed E-state index contributed by atoms with van der Waals surface area (Å²) >= 11 is 6.45. The molecule has 2 aromatic carbocycles. The molecule has 1 aliphatic heterocycles. The minimum atomic E-state index is -3.51. The highest BCUT2D eigenvalue weighted by Gasteiger charge is 2.30. The number of fused-ring (bicyclic) bond motifs is 1. The summed E-state index contributed by atoms with van der Waals surface area (Å²) in [5.41, 5.74) is 4.39. The number of aryl methyl sites for hydroxylation is 1. The summed E-state index contributed by atoms with van der Waals surface area (Å²) in [7, 11) is -1.53. The molecule has 3 heterocycles. The summed E-state index contributed by atoms with van der Waals surface area (Å²) < 4.78 is 29.8. The van der Waals surface area contributed by atoms with Gasteiger partial charge in [0, 0.05) is 42.5 Å². The van der Waals surface area contributed by atoms with Crippen molar-refractivity contribution in [2.45, 2.75) is 24.7 Å². The van der Waals surface area contributed by atoms with Crippen molar-refractivity contribution in [1.29, 1.82) is 0 Å². The summed E-state index contributed by atoms with van der Waals surface area (Å²) in [5.74, 6) is 0.976. The minimum Gasteiger partial charge on any atom is -0.370 e. The zero-order chi connectivity index (χ0) is 24.6. The molecule has 0 radical (unpaired) electrons. The zero-order valence-electron chi connectivity index (χ0n) is 19.8. The lowest BCUT2D eigenvalue weighted by Gasteiger charge is -2.32. The number of hydrogen-bond acceptors (Lipinski definition) is 5. The van der Waals surface area contributed by atoms with Crippen LogP contribution in [0.3, 0.4) is 0 Å². The van der Waals surface area contributed by atoms with Crippen LogP contribution < -0.4 is 10.8 Å². The average Bonchev–Trinajstić information content (AvgIpc) is 3.24. The van der Waals surface area contributed by atoms with Crippen molar-refractivity contribution in [1.82, 2.24) is 18.9 Å². The average molecular weight is 508 g/mol. The summed E-state index contributed by atoms with van der Waals surface area (Å²) in [6.07, 6.45) is 3.58. The molecule has 2 aromatic heterocycles. The molecule has 35 heavy (non-hydrogen) atoms. The highest BCUT2D eigenvalue weighted by Crippen LogP contribution is 2.29. The van der Waals surface area contributed by atoms with Gasteiger partial charge in [-0.1, -0.05) is 47.5 Å². The molecule has 1 unspecified atom stereocenters. The summed E-state index contributed by atoms with van der Waals surface area (Å²) in [4.78, 5) is 5.14. The number of nitrogens with zero attached hydrogens (tertiary/aromatic N) is 4. The first-order valence-corrected chi connectivity index (χ1v) is 13.6. The molecular weight excluding hydrogens is 481 g/mol. The van der Waals surface area contributed by atoms with Gasteiger partial charge in [-0.15, -0.1) is 0 Å². The maximum Gasteiger partial charge on any atom is 0.243 e. The van der Waals surface area contributed by atoms with Gasteiger partial charge >= 0.3 is 0 Å². The van der Waals surface area contributed by atoms with Crippen molar-refractivity contribution < 1.29 is 8.42 Å². The number of benzene rings is 2. The molecule has 1 aliphatic rings. The van der Waals surface area contributed by atoms with Gasteiger partial charge in [0.1, 0.15) is 13.7 Å². The molecule has 1 saturated heterocycles. The lowest BCUT2D eigenvalue weighted by molar-refractivity contribution is 0.275. The Hall–Kier alpha value is -2.88. The van der Waals surface area contributed by atoms with E-state index in [9.17, 15) is 8.42 Å². The number of halogens is 1. The van der Waals surface area contributed by atoms with E-state index < -0.39 is 10.0 Å². The van der Waals surface area contributed by atoms with Crippen molar-refractivity contribution in [2.75, 3.05) is 25.0 Å². The van der Waals surface area contributed by atoms with Crippen LogP contribution >= 0.6 is 11.6 Å². The standard InChI is InChI=1S/C25H27BClN5O2S/c1-17-8-10-19(11-9-17)35(33,34)31-12-4-5-18(16-31)14-28-24-13-23(20-6-2-3-7-22(20)27)30-25-21(26)15-29-32(24)25/h2-3,6-11,13,15,18,28H,4-5,12,14,16,26H2,1H3. The molecule has 1 N–H and O–H groups in total. The van der Waals surface area contributed by atoms with Crippen LogP contribution in [0.15, 0.2) is 65.7 Å². The van der Waals surface area contributed by atoms with Crippen LogP contribution in [-0.2, 0) is 10.0 Å². The Labute approximate surface area is 211 Å². The van der Waals surface area contributed by atoms with E-state index in [4.69, 9.17) is 16.6 Å². The molecule has 0 aliphatic carbocycles. The van der Waals surface area contributed by atoms with Gasteiger partial charge in [-0.05, 0) is 49.3 Å². The number of sulfonamides is 1. The largest absolute Gasteiger partial charge is 0.370 e. The second-order valence-electron chi connectivity index (χ2n) is 9.13. The first-order valence-electron chi connectivity index (χ1n) is 11.7. The third kappa shape index (κ3) is 4.81. The van der Waals surface area contributed by atoms with E-state index in [1.165, 1.54) is 0 Å². The van der Waals surface area contributed by atoms with E-state index in [0.717, 1.165) is 46.6 Å². The van der Waals surface area contributed by atoms with Crippen LogP contribution in [0.5, 0.6) is 0 Å². The van der Waals surface area contributed by atoms with Gasteiger partial charge in [-0.2, -0.15) is 13.9 Å². The molecule has 5 rings (SSSR count). The smallest absolute Gasteiger partial charge is 0.243 e. The molecule has 7 nitrogen and oxygen atoms in total. The molecule has 4 aromatic rings. The fourth-order valence-corrected chi connectivity index (χ4v) is 6.31. The summed E-state index contributed by atoms with van der Waals surface area (Å²) in [6.45, 7) is 3.60. The minimum absolute atomic E-state index is 0.174. The van der Waals surface area contributed by atoms with Crippen LogP contribution in [0.1, 0.15) is 18.4 Å². The van der Waals surface area contributed by atoms with E-state index >= 15 is 0 Å². The molecule has 1 atom stereocenters. The monoisotopic (exact) mass is 507 g/mol. The second kappa shape index (κ2) is 9.64. The third-order valence-corrected chi connectivity index (χ3v) is 8.72. The van der Waals surface area contributed by atoms with Gasteiger partial charge in [0.25, 0.3) is 0 Å². The topological polar surface area (TPSA) is 79.6 Å². The third-order valence-electron chi connectivity index (χ3n) is 6.51. The SMILES string of the molecule is Bc1cnn2c(NCC3CCCN(S(=O)(=O)c4ccc(C)cc4)C3)cc(-c3ccccc3Cl)nc12. The van der Waals surface area contributed by atoms with E-state index in [-0.39, 0.29) is 5.92 Å². The highest BCUT2D eigenvalue weighted by atomic mass is 35.5. The van der Waals surface area contributed by atoms with Crippen molar-refractivity contribution in [2.24, 2.45) is 5.92 Å². The molecule has 0 saturated carbocycles. The first-order chi connectivity index (χ1) is 16.8. The maximum atomic E-state index is 13.2. The number of nitrogens with one attached hydrogen (secondary N) is 1. The van der Waals surface area contributed by atoms with Crippen LogP contribution in [0.25, 0.3) is 16.9 Å². The lowest BCUT2D eigenvalue weighted by Crippen LogP contribution is -2.41. The van der Waals surface area contributed by atoms with Crippen LogP contribution in [-0.4, -0.2) is 54.8 Å². The van der Waals surface area contributed by atoms with Gasteiger partial charge in [0.15, 0.2) is 5.65 Å².